The van der Waals surface area contributed by atoms with E-state index in [1.807, 2.05) is 0 Å². The molecule has 32 heavy (non-hydrogen) atoms. The number of ether oxygens (including phenoxy) is 3. The van der Waals surface area contributed by atoms with Crippen LogP contribution in [0.25, 0.3) is 0 Å². The van der Waals surface area contributed by atoms with Crippen LogP contribution < -0.4 is 4.74 Å². The van der Waals surface area contributed by atoms with Crippen molar-refractivity contribution in [3.05, 3.63) is 62.7 Å². The van der Waals surface area contributed by atoms with Gasteiger partial charge in [0.25, 0.3) is 5.69 Å². The Morgan fingerprint density at radius 1 is 1.16 bits per heavy atom. The number of carbonyl (C=O) groups excluding carboxylic acids is 2. The van der Waals surface area contributed by atoms with E-state index in [1.165, 1.54) is 0 Å². The summed E-state index contributed by atoms with van der Waals surface area (Å²) in [5.74, 6) is -2.30. The van der Waals surface area contributed by atoms with Gasteiger partial charge in [0, 0.05) is 12.1 Å². The second-order valence-corrected chi connectivity index (χ2v) is 6.64. The van der Waals surface area contributed by atoms with Gasteiger partial charge in [0.1, 0.15) is 17.1 Å². The Morgan fingerprint density at radius 2 is 1.84 bits per heavy atom. The fourth-order valence-corrected chi connectivity index (χ4v) is 2.73. The zero-order valence-electron chi connectivity index (χ0n) is 16.8. The Bertz CT molecular complexity index is 1030. The average Bonchev–Trinajstić information content (AvgIpc) is 2.72. The lowest BCUT2D eigenvalue weighted by atomic mass is 10.1. The minimum atomic E-state index is -4.61. The quantitative estimate of drug-likeness (QED) is 0.279. The van der Waals surface area contributed by atoms with E-state index in [2.05, 4.69) is 0 Å². The van der Waals surface area contributed by atoms with Gasteiger partial charge >= 0.3 is 18.1 Å². The number of alkyl halides is 3. The van der Waals surface area contributed by atoms with E-state index in [9.17, 15) is 32.9 Å². The lowest BCUT2D eigenvalue weighted by Gasteiger charge is -2.15. The van der Waals surface area contributed by atoms with E-state index in [4.69, 9.17) is 25.8 Å². The summed E-state index contributed by atoms with van der Waals surface area (Å²) in [6.07, 6.45) is -5.83. The van der Waals surface area contributed by atoms with Crippen LogP contribution in [0.15, 0.2) is 36.4 Å². The van der Waals surface area contributed by atoms with Crippen molar-refractivity contribution in [2.45, 2.75) is 32.5 Å². The molecule has 0 aliphatic heterocycles. The highest BCUT2D eigenvalue weighted by atomic mass is 35.5. The van der Waals surface area contributed by atoms with Gasteiger partial charge in [-0.2, -0.15) is 13.2 Å². The van der Waals surface area contributed by atoms with Gasteiger partial charge in [0.15, 0.2) is 6.10 Å². The number of rotatable bonds is 8. The van der Waals surface area contributed by atoms with Gasteiger partial charge in [0.2, 0.25) is 0 Å². The molecule has 2 aromatic rings. The van der Waals surface area contributed by atoms with E-state index in [1.54, 1.807) is 13.8 Å². The third-order valence-corrected chi connectivity index (χ3v) is 4.34. The maximum Gasteiger partial charge on any atom is 0.416 e. The Kier molecular flexibility index (Phi) is 8.03. The van der Waals surface area contributed by atoms with Crippen molar-refractivity contribution in [3.63, 3.8) is 0 Å². The van der Waals surface area contributed by atoms with Crippen LogP contribution in [0, 0.1) is 10.1 Å². The molecule has 0 saturated heterocycles. The number of hydrogen-bond acceptors (Lipinski definition) is 7. The second kappa shape index (κ2) is 10.3. The molecular formula is C20H17ClF3NO7. The summed E-state index contributed by atoms with van der Waals surface area (Å²) in [6, 6.07) is 5.42. The first-order chi connectivity index (χ1) is 15.0. The highest BCUT2D eigenvalue weighted by molar-refractivity contribution is 6.32. The SMILES string of the molecule is CCOC(=O)C(CC)OC(=O)c1cc(Oc2ccc(C(F)(F)F)cc2Cl)ccc1[N+](=O)[O-]. The summed E-state index contributed by atoms with van der Waals surface area (Å²) in [7, 11) is 0. The summed E-state index contributed by atoms with van der Waals surface area (Å²) in [4.78, 5) is 34.9. The minimum absolute atomic E-state index is 0.0459. The predicted octanol–water partition coefficient (Wildman–Crippen LogP) is 5.56. The number of nitrogens with zero attached hydrogens (tertiary/aromatic N) is 1. The Balaban J connectivity index is 2.34. The van der Waals surface area contributed by atoms with Crippen LogP contribution in [0.5, 0.6) is 11.5 Å². The molecule has 1 unspecified atom stereocenters. The molecule has 0 radical (unpaired) electrons. The van der Waals surface area contributed by atoms with Crippen molar-refractivity contribution in [2.24, 2.45) is 0 Å². The minimum Gasteiger partial charge on any atom is -0.463 e. The van der Waals surface area contributed by atoms with E-state index < -0.39 is 46.0 Å². The first-order valence-electron chi connectivity index (χ1n) is 9.18. The number of esters is 2. The van der Waals surface area contributed by atoms with Gasteiger partial charge in [0.05, 0.1) is 22.1 Å². The van der Waals surface area contributed by atoms with E-state index in [0.717, 1.165) is 30.3 Å². The zero-order valence-corrected chi connectivity index (χ0v) is 17.5. The van der Waals surface area contributed by atoms with Crippen LogP contribution in [-0.2, 0) is 20.4 Å². The van der Waals surface area contributed by atoms with Gasteiger partial charge in [-0.1, -0.05) is 18.5 Å². The average molecular weight is 476 g/mol. The fraction of sp³-hybridized carbons (Fsp3) is 0.300. The molecule has 0 aliphatic rings. The van der Waals surface area contributed by atoms with Gasteiger partial charge in [-0.25, -0.2) is 9.59 Å². The molecule has 8 nitrogen and oxygen atoms in total. The van der Waals surface area contributed by atoms with Crippen LogP contribution in [0.2, 0.25) is 5.02 Å². The van der Waals surface area contributed by atoms with Gasteiger partial charge in [-0.3, -0.25) is 10.1 Å². The summed E-state index contributed by atoms with van der Waals surface area (Å²) < 4.78 is 53.6. The predicted molar refractivity (Wildman–Crippen MR) is 106 cm³/mol. The molecule has 2 aromatic carbocycles. The number of hydrogen-bond donors (Lipinski definition) is 0. The monoisotopic (exact) mass is 475 g/mol. The maximum atomic E-state index is 12.8. The van der Waals surface area contributed by atoms with Crippen LogP contribution in [0.1, 0.15) is 36.2 Å². The number of halogens is 4. The number of benzene rings is 2. The molecule has 0 fully saturated rings. The molecule has 0 aliphatic carbocycles. The van der Waals surface area contributed by atoms with E-state index in [-0.39, 0.29) is 29.5 Å². The van der Waals surface area contributed by atoms with Crippen molar-refractivity contribution in [2.75, 3.05) is 6.61 Å². The first-order valence-corrected chi connectivity index (χ1v) is 9.56. The molecule has 172 valence electrons. The smallest absolute Gasteiger partial charge is 0.416 e. The fourth-order valence-electron chi connectivity index (χ4n) is 2.51. The molecule has 0 saturated carbocycles. The Morgan fingerprint density at radius 3 is 2.38 bits per heavy atom. The number of carbonyl (C=O) groups is 2. The molecule has 12 heteroatoms. The van der Waals surface area contributed by atoms with Crippen molar-refractivity contribution >= 4 is 29.2 Å². The molecule has 0 aromatic heterocycles. The van der Waals surface area contributed by atoms with Gasteiger partial charge < -0.3 is 14.2 Å². The molecule has 0 amide bonds. The third-order valence-electron chi connectivity index (χ3n) is 4.04. The highest BCUT2D eigenvalue weighted by Crippen LogP contribution is 2.37. The van der Waals surface area contributed by atoms with Crippen molar-refractivity contribution < 1.29 is 41.9 Å². The summed E-state index contributed by atoms with van der Waals surface area (Å²) in [6.45, 7) is 3.16. The molecule has 0 bridgehead atoms. The van der Waals surface area contributed by atoms with Gasteiger partial charge in [-0.15, -0.1) is 0 Å². The lowest BCUT2D eigenvalue weighted by Crippen LogP contribution is -2.28. The molecule has 0 N–H and O–H groups in total. The largest absolute Gasteiger partial charge is 0.463 e. The Labute approximate surface area is 185 Å². The summed E-state index contributed by atoms with van der Waals surface area (Å²) >= 11 is 5.85. The lowest BCUT2D eigenvalue weighted by molar-refractivity contribution is -0.385. The number of nitro benzene ring substituents is 1. The number of nitro groups is 1. The van der Waals surface area contributed by atoms with Crippen molar-refractivity contribution in [1.82, 2.24) is 0 Å². The van der Waals surface area contributed by atoms with Crippen LogP contribution in [0.3, 0.4) is 0 Å². The second-order valence-electron chi connectivity index (χ2n) is 6.24. The van der Waals surface area contributed by atoms with Crippen molar-refractivity contribution in [1.29, 1.82) is 0 Å². The summed E-state index contributed by atoms with van der Waals surface area (Å²) in [5.41, 5.74) is -2.15. The van der Waals surface area contributed by atoms with E-state index >= 15 is 0 Å². The topological polar surface area (TPSA) is 105 Å². The Hall–Kier alpha value is -3.34. The maximum absolute atomic E-state index is 12.8. The normalized spacial score (nSPS) is 12.1. The van der Waals surface area contributed by atoms with E-state index in [0.29, 0.717) is 6.07 Å². The van der Waals surface area contributed by atoms with Gasteiger partial charge in [-0.05, 0) is 37.6 Å². The van der Waals surface area contributed by atoms with Crippen LogP contribution in [-0.4, -0.2) is 29.6 Å². The first kappa shape index (κ1) is 24.9. The van der Waals surface area contributed by atoms with Crippen molar-refractivity contribution in [3.8, 4) is 11.5 Å². The summed E-state index contributed by atoms with van der Waals surface area (Å²) in [5, 5.41) is 10.9. The molecule has 1 atom stereocenters. The standard InChI is InChI=1S/C20H17ClF3NO7/c1-3-16(19(27)30-4-2)32-18(26)13-10-12(6-7-15(13)25(28)29)31-17-8-5-11(9-14(17)21)20(22,23)24/h5-10,16H,3-4H2,1-2H3. The van der Waals surface area contributed by atoms with Crippen LogP contribution in [0.4, 0.5) is 18.9 Å². The molecule has 2 rings (SSSR count). The molecule has 0 heterocycles. The zero-order chi connectivity index (χ0) is 24.1. The third kappa shape index (κ3) is 6.10. The molecular weight excluding hydrogens is 459 g/mol. The highest BCUT2D eigenvalue weighted by Gasteiger charge is 2.31. The molecule has 0 spiro atoms. The van der Waals surface area contributed by atoms with Crippen LogP contribution >= 0.6 is 11.6 Å².